The zero-order chi connectivity index (χ0) is 7.11. The second-order valence-corrected chi connectivity index (χ2v) is 1.92. The van der Waals surface area contributed by atoms with Gasteiger partial charge in [0.15, 0.2) is 0 Å². The quantitative estimate of drug-likeness (QED) is 0.431. The molecule has 0 saturated carbocycles. The maximum absolute atomic E-state index is 5.10. The van der Waals surface area contributed by atoms with Crippen LogP contribution in [0.1, 0.15) is 0 Å². The first-order chi connectivity index (χ1) is 4.39. The molecule has 1 fully saturated rings. The van der Waals surface area contributed by atoms with Crippen LogP contribution in [0.5, 0.6) is 0 Å². The number of ether oxygens (including phenoxy) is 1. The van der Waals surface area contributed by atoms with E-state index in [0.29, 0.717) is 0 Å². The van der Waals surface area contributed by atoms with Crippen LogP contribution < -0.4 is 0 Å². The second kappa shape index (κ2) is 5.61. The molecule has 0 atom stereocenters. The van der Waals surface area contributed by atoms with Gasteiger partial charge in [0.05, 0.1) is 13.2 Å². The van der Waals surface area contributed by atoms with Gasteiger partial charge in [0.2, 0.25) is 0 Å². The van der Waals surface area contributed by atoms with E-state index in [1.807, 2.05) is 0 Å². The first kappa shape index (κ1) is 8.48. The Morgan fingerprint density at radius 2 is 1.67 bits per heavy atom. The minimum Gasteiger partial charge on any atom is -0.379 e. The van der Waals surface area contributed by atoms with E-state index in [2.05, 4.69) is 24.8 Å². The monoisotopic (exact) mass is 127 g/mol. The van der Waals surface area contributed by atoms with Crippen LogP contribution in [0.25, 0.3) is 0 Å². The Morgan fingerprint density at radius 3 is 1.89 bits per heavy atom. The van der Waals surface area contributed by atoms with E-state index >= 15 is 0 Å². The zero-order valence-electron chi connectivity index (χ0n) is 5.84. The number of hydrogen-bond acceptors (Lipinski definition) is 2. The maximum Gasteiger partial charge on any atom is 0.0594 e. The van der Waals surface area contributed by atoms with Crippen LogP contribution in [0, 0.1) is 12.8 Å². The van der Waals surface area contributed by atoms with Crippen molar-refractivity contribution in [3.05, 3.63) is 0 Å². The Balaban J connectivity index is 0.000000291. The van der Waals surface area contributed by atoms with Crippen LogP contribution in [0.2, 0.25) is 0 Å². The standard InChI is InChI=1S/C5H11NO.C2H2/c1-6-2-4-7-5-3-6;1-2/h2-5H2,1H3;1-2H. The smallest absolute Gasteiger partial charge is 0.0594 e. The van der Waals surface area contributed by atoms with Gasteiger partial charge in [-0.05, 0) is 7.05 Å². The van der Waals surface area contributed by atoms with Crippen LogP contribution in [0.3, 0.4) is 0 Å². The molecule has 1 heterocycles. The molecule has 0 spiro atoms. The topological polar surface area (TPSA) is 12.5 Å². The summed E-state index contributed by atoms with van der Waals surface area (Å²) in [7, 11) is 2.11. The molecule has 0 aromatic heterocycles. The highest BCUT2D eigenvalue weighted by atomic mass is 16.5. The molecule has 1 aliphatic heterocycles. The fourth-order valence-corrected chi connectivity index (χ4v) is 0.655. The molecule has 0 bridgehead atoms. The summed E-state index contributed by atoms with van der Waals surface area (Å²) < 4.78 is 5.10. The number of hydrogen-bond donors (Lipinski definition) is 0. The highest BCUT2D eigenvalue weighted by Gasteiger charge is 2.02. The highest BCUT2D eigenvalue weighted by molar-refractivity contribution is 4.53. The number of likely N-dealkylation sites (N-methyl/N-ethyl adjacent to an activating group) is 1. The van der Waals surface area contributed by atoms with Crippen LogP contribution in [-0.2, 0) is 4.74 Å². The lowest BCUT2D eigenvalue weighted by Crippen LogP contribution is -2.32. The summed E-state index contributed by atoms with van der Waals surface area (Å²) >= 11 is 0. The molecule has 0 aromatic carbocycles. The van der Waals surface area contributed by atoms with Gasteiger partial charge in [-0.25, -0.2) is 0 Å². The molecule has 0 unspecified atom stereocenters. The Kier molecular flexibility index (Phi) is 5.29. The van der Waals surface area contributed by atoms with Crippen LogP contribution >= 0.6 is 0 Å². The molecule has 9 heavy (non-hydrogen) atoms. The molecular formula is C7H13NO. The summed E-state index contributed by atoms with van der Waals surface area (Å²) in [5.74, 6) is 0. The molecule has 2 nitrogen and oxygen atoms in total. The van der Waals surface area contributed by atoms with Gasteiger partial charge in [-0.1, -0.05) is 0 Å². The zero-order valence-corrected chi connectivity index (χ0v) is 5.84. The average Bonchev–Trinajstić information content (AvgIpc) is 1.94. The summed E-state index contributed by atoms with van der Waals surface area (Å²) in [6.45, 7) is 4.02. The lowest BCUT2D eigenvalue weighted by atomic mass is 10.5. The molecule has 0 aromatic rings. The fourth-order valence-electron chi connectivity index (χ4n) is 0.655. The van der Waals surface area contributed by atoms with Crippen molar-refractivity contribution in [2.45, 2.75) is 0 Å². The summed E-state index contributed by atoms with van der Waals surface area (Å²) in [6, 6.07) is 0. The van der Waals surface area contributed by atoms with E-state index in [9.17, 15) is 0 Å². The molecule has 1 aliphatic rings. The third-order valence-corrected chi connectivity index (χ3v) is 1.23. The molecule has 0 radical (unpaired) electrons. The maximum atomic E-state index is 5.10. The van der Waals surface area contributed by atoms with Gasteiger partial charge in [-0.2, -0.15) is 0 Å². The predicted molar refractivity (Wildman–Crippen MR) is 38.2 cm³/mol. The van der Waals surface area contributed by atoms with Crippen molar-refractivity contribution in [3.63, 3.8) is 0 Å². The van der Waals surface area contributed by atoms with Crippen LogP contribution in [0.15, 0.2) is 0 Å². The van der Waals surface area contributed by atoms with Gasteiger partial charge in [-0.15, -0.1) is 12.8 Å². The summed E-state index contributed by atoms with van der Waals surface area (Å²) in [4.78, 5) is 2.27. The molecule has 0 N–H and O–H groups in total. The molecule has 2 heteroatoms. The van der Waals surface area contributed by atoms with Gasteiger partial charge in [0, 0.05) is 13.1 Å². The van der Waals surface area contributed by atoms with E-state index < -0.39 is 0 Å². The van der Waals surface area contributed by atoms with Crippen molar-refractivity contribution in [1.29, 1.82) is 0 Å². The Morgan fingerprint density at radius 1 is 1.22 bits per heavy atom. The third-order valence-electron chi connectivity index (χ3n) is 1.23. The Hall–Kier alpha value is -0.520. The molecule has 0 aliphatic carbocycles. The van der Waals surface area contributed by atoms with Gasteiger partial charge < -0.3 is 9.64 Å². The Bertz CT molecular complexity index is 74.2. The van der Waals surface area contributed by atoms with Crippen LogP contribution in [-0.4, -0.2) is 38.3 Å². The lowest BCUT2D eigenvalue weighted by molar-refractivity contribution is 0.0503. The van der Waals surface area contributed by atoms with Gasteiger partial charge in [-0.3, -0.25) is 0 Å². The number of morpholine rings is 1. The SMILES string of the molecule is C#C.CN1CCOCC1. The van der Waals surface area contributed by atoms with E-state index in [1.54, 1.807) is 0 Å². The van der Waals surface area contributed by atoms with Gasteiger partial charge >= 0.3 is 0 Å². The number of nitrogens with zero attached hydrogens (tertiary/aromatic N) is 1. The third kappa shape index (κ3) is 4.01. The summed E-state index contributed by atoms with van der Waals surface area (Å²) in [5.41, 5.74) is 0. The summed E-state index contributed by atoms with van der Waals surface area (Å²) in [6.07, 6.45) is 8.00. The fraction of sp³-hybridized carbons (Fsp3) is 0.714. The Labute approximate surface area is 56.8 Å². The first-order valence-corrected chi connectivity index (χ1v) is 2.99. The minimum absolute atomic E-state index is 0.913. The van der Waals surface area contributed by atoms with E-state index in [0.717, 1.165) is 26.3 Å². The second-order valence-electron chi connectivity index (χ2n) is 1.92. The van der Waals surface area contributed by atoms with E-state index in [1.165, 1.54) is 0 Å². The van der Waals surface area contributed by atoms with Crippen LogP contribution in [0.4, 0.5) is 0 Å². The van der Waals surface area contributed by atoms with Gasteiger partial charge in [0.1, 0.15) is 0 Å². The number of rotatable bonds is 0. The predicted octanol–water partition coefficient (Wildman–Crippen LogP) is 0.198. The van der Waals surface area contributed by atoms with Crippen molar-refractivity contribution in [2.24, 2.45) is 0 Å². The largest absolute Gasteiger partial charge is 0.379 e. The molecule has 1 saturated heterocycles. The van der Waals surface area contributed by atoms with Crippen molar-refractivity contribution in [2.75, 3.05) is 33.4 Å². The molecule has 52 valence electrons. The van der Waals surface area contributed by atoms with Crippen molar-refractivity contribution >= 4 is 0 Å². The van der Waals surface area contributed by atoms with Crippen molar-refractivity contribution in [3.8, 4) is 12.8 Å². The van der Waals surface area contributed by atoms with Crippen molar-refractivity contribution < 1.29 is 4.74 Å². The molecular weight excluding hydrogens is 114 g/mol. The van der Waals surface area contributed by atoms with E-state index in [4.69, 9.17) is 4.74 Å². The lowest BCUT2D eigenvalue weighted by Gasteiger charge is -2.21. The van der Waals surface area contributed by atoms with E-state index in [-0.39, 0.29) is 0 Å². The number of terminal acetylenes is 1. The summed E-state index contributed by atoms with van der Waals surface area (Å²) in [5, 5.41) is 0. The van der Waals surface area contributed by atoms with Gasteiger partial charge in [0.25, 0.3) is 0 Å². The van der Waals surface area contributed by atoms with Crippen molar-refractivity contribution in [1.82, 2.24) is 4.90 Å². The normalized spacial score (nSPS) is 19.9. The molecule has 1 rings (SSSR count). The first-order valence-electron chi connectivity index (χ1n) is 2.99. The molecule has 0 amide bonds. The highest BCUT2D eigenvalue weighted by Crippen LogP contribution is 1.89. The minimum atomic E-state index is 0.913. The average molecular weight is 127 g/mol.